The second-order valence-electron chi connectivity index (χ2n) is 5.95. The Morgan fingerprint density at radius 1 is 1.10 bits per heavy atom. The van der Waals surface area contributed by atoms with Crippen molar-refractivity contribution in [2.24, 2.45) is 11.8 Å². The van der Waals surface area contributed by atoms with Crippen LogP contribution in [0, 0.1) is 23.5 Å². The van der Waals surface area contributed by atoms with E-state index in [0.29, 0.717) is 12.3 Å². The summed E-state index contributed by atoms with van der Waals surface area (Å²) < 4.78 is 25.9. The predicted octanol–water partition coefficient (Wildman–Crippen LogP) is 5.67. The molecule has 0 atom stereocenters. The minimum Gasteiger partial charge on any atom is -0.204 e. The molecule has 0 saturated heterocycles. The van der Waals surface area contributed by atoms with Gasteiger partial charge in [-0.1, -0.05) is 38.0 Å². The standard InChI is InChI=1S/C18H24F2/c1-2-4-14-7-9-15(10-8-14)5-3-6-16-11-12-17(19)18(20)13-16/h3,5,11-15H,2,4,6-10H2,1H3/b5-3+. The fourth-order valence-electron chi connectivity index (χ4n) is 3.14. The quantitative estimate of drug-likeness (QED) is 0.609. The second kappa shape index (κ2) is 7.56. The summed E-state index contributed by atoms with van der Waals surface area (Å²) in [6.45, 7) is 2.26. The first kappa shape index (κ1) is 15.2. The molecule has 110 valence electrons. The van der Waals surface area contributed by atoms with E-state index >= 15 is 0 Å². The summed E-state index contributed by atoms with van der Waals surface area (Å²) in [4.78, 5) is 0. The summed E-state index contributed by atoms with van der Waals surface area (Å²) in [5.74, 6) is 0.0761. The third kappa shape index (κ3) is 4.43. The lowest BCUT2D eigenvalue weighted by Gasteiger charge is -2.26. The molecule has 0 spiro atoms. The summed E-state index contributed by atoms with van der Waals surface area (Å²) >= 11 is 0. The maximum Gasteiger partial charge on any atom is 0.159 e. The Balaban J connectivity index is 1.78. The van der Waals surface area contributed by atoms with Gasteiger partial charge in [0.25, 0.3) is 0 Å². The van der Waals surface area contributed by atoms with Crippen LogP contribution in [-0.4, -0.2) is 0 Å². The molecule has 1 saturated carbocycles. The number of allylic oxidation sites excluding steroid dienone is 2. The van der Waals surface area contributed by atoms with Gasteiger partial charge in [0.15, 0.2) is 11.6 Å². The molecule has 0 aliphatic heterocycles. The minimum absolute atomic E-state index is 0.674. The molecule has 1 aliphatic carbocycles. The molecule has 1 aromatic rings. The van der Waals surface area contributed by atoms with Crippen molar-refractivity contribution in [2.45, 2.75) is 51.9 Å². The molecule has 2 heteroatoms. The van der Waals surface area contributed by atoms with Gasteiger partial charge in [-0.15, -0.1) is 0 Å². The van der Waals surface area contributed by atoms with E-state index in [9.17, 15) is 8.78 Å². The first-order chi connectivity index (χ1) is 9.69. The number of halogens is 2. The Morgan fingerprint density at radius 2 is 1.85 bits per heavy atom. The number of rotatable bonds is 5. The second-order valence-corrected chi connectivity index (χ2v) is 5.95. The van der Waals surface area contributed by atoms with Gasteiger partial charge < -0.3 is 0 Å². The zero-order valence-corrected chi connectivity index (χ0v) is 12.2. The van der Waals surface area contributed by atoms with E-state index in [1.54, 1.807) is 6.07 Å². The van der Waals surface area contributed by atoms with Gasteiger partial charge in [0, 0.05) is 0 Å². The maximum absolute atomic E-state index is 13.1. The smallest absolute Gasteiger partial charge is 0.159 e. The van der Waals surface area contributed by atoms with Crippen molar-refractivity contribution < 1.29 is 8.78 Å². The summed E-state index contributed by atoms with van der Waals surface area (Å²) in [7, 11) is 0. The van der Waals surface area contributed by atoms with Crippen LogP contribution in [-0.2, 0) is 6.42 Å². The normalized spacial score (nSPS) is 23.4. The van der Waals surface area contributed by atoms with Gasteiger partial charge in [-0.3, -0.25) is 0 Å². The van der Waals surface area contributed by atoms with Crippen molar-refractivity contribution in [1.82, 2.24) is 0 Å². The van der Waals surface area contributed by atoms with E-state index < -0.39 is 11.6 Å². The molecule has 1 aromatic carbocycles. The average molecular weight is 278 g/mol. The highest BCUT2D eigenvalue weighted by molar-refractivity contribution is 5.20. The first-order valence-electron chi connectivity index (χ1n) is 7.79. The van der Waals surface area contributed by atoms with Crippen molar-refractivity contribution >= 4 is 0 Å². The summed E-state index contributed by atoms with van der Waals surface area (Å²) in [5, 5.41) is 0. The fraction of sp³-hybridized carbons (Fsp3) is 0.556. The molecular formula is C18H24F2. The van der Waals surface area contributed by atoms with E-state index in [1.165, 1.54) is 50.7 Å². The van der Waals surface area contributed by atoms with Gasteiger partial charge in [0.05, 0.1) is 0 Å². The molecule has 2 rings (SSSR count). The zero-order valence-electron chi connectivity index (χ0n) is 12.2. The van der Waals surface area contributed by atoms with Crippen LogP contribution < -0.4 is 0 Å². The Bertz CT molecular complexity index is 443. The van der Waals surface area contributed by atoms with Crippen molar-refractivity contribution in [2.75, 3.05) is 0 Å². The van der Waals surface area contributed by atoms with E-state index in [-0.39, 0.29) is 0 Å². The molecule has 0 aromatic heterocycles. The molecule has 0 heterocycles. The van der Waals surface area contributed by atoms with Gasteiger partial charge in [-0.2, -0.15) is 0 Å². The Morgan fingerprint density at radius 3 is 2.50 bits per heavy atom. The Kier molecular flexibility index (Phi) is 5.75. The predicted molar refractivity (Wildman–Crippen MR) is 79.6 cm³/mol. The minimum atomic E-state index is -0.771. The van der Waals surface area contributed by atoms with E-state index in [1.807, 2.05) is 0 Å². The molecular weight excluding hydrogens is 254 g/mol. The topological polar surface area (TPSA) is 0 Å². The molecule has 1 fully saturated rings. The maximum atomic E-state index is 13.1. The summed E-state index contributed by atoms with van der Waals surface area (Å²) in [6.07, 6.45) is 13.0. The third-order valence-corrected chi connectivity index (χ3v) is 4.33. The van der Waals surface area contributed by atoms with Gasteiger partial charge in [0.1, 0.15) is 0 Å². The van der Waals surface area contributed by atoms with Crippen LogP contribution >= 0.6 is 0 Å². The van der Waals surface area contributed by atoms with E-state index in [4.69, 9.17) is 0 Å². The molecule has 0 radical (unpaired) electrons. The summed E-state index contributed by atoms with van der Waals surface area (Å²) in [6, 6.07) is 4.15. The van der Waals surface area contributed by atoms with Crippen molar-refractivity contribution in [3.8, 4) is 0 Å². The van der Waals surface area contributed by atoms with Gasteiger partial charge in [0.2, 0.25) is 0 Å². The van der Waals surface area contributed by atoms with Crippen LogP contribution in [0.4, 0.5) is 8.78 Å². The highest BCUT2D eigenvalue weighted by Gasteiger charge is 2.18. The Hall–Kier alpha value is -1.18. The number of hydrogen-bond acceptors (Lipinski definition) is 0. The van der Waals surface area contributed by atoms with E-state index in [2.05, 4.69) is 19.1 Å². The SMILES string of the molecule is CCCC1CCC(/C=C/Cc2ccc(F)c(F)c2)CC1. The van der Waals surface area contributed by atoms with Gasteiger partial charge >= 0.3 is 0 Å². The van der Waals surface area contributed by atoms with Crippen LogP contribution in [0.3, 0.4) is 0 Å². The lowest BCUT2D eigenvalue weighted by molar-refractivity contribution is 0.294. The molecule has 0 bridgehead atoms. The molecule has 1 aliphatic rings. The monoisotopic (exact) mass is 278 g/mol. The van der Waals surface area contributed by atoms with Gasteiger partial charge in [-0.05, 0) is 61.6 Å². The average Bonchev–Trinajstić information content (AvgIpc) is 2.45. The van der Waals surface area contributed by atoms with Crippen LogP contribution in [0.5, 0.6) is 0 Å². The third-order valence-electron chi connectivity index (χ3n) is 4.33. The van der Waals surface area contributed by atoms with Crippen LogP contribution in [0.1, 0.15) is 51.0 Å². The van der Waals surface area contributed by atoms with Gasteiger partial charge in [-0.25, -0.2) is 8.78 Å². The number of benzene rings is 1. The van der Waals surface area contributed by atoms with Crippen molar-refractivity contribution in [3.05, 3.63) is 47.5 Å². The lowest BCUT2D eigenvalue weighted by atomic mass is 9.80. The Labute approximate surface area is 120 Å². The molecule has 0 amide bonds. The molecule has 0 nitrogen and oxygen atoms in total. The fourth-order valence-corrected chi connectivity index (χ4v) is 3.14. The first-order valence-corrected chi connectivity index (χ1v) is 7.79. The number of hydrogen-bond donors (Lipinski definition) is 0. The highest BCUT2D eigenvalue weighted by atomic mass is 19.2. The largest absolute Gasteiger partial charge is 0.204 e. The summed E-state index contributed by atoms with van der Waals surface area (Å²) in [5.41, 5.74) is 0.833. The van der Waals surface area contributed by atoms with Crippen LogP contribution in [0.25, 0.3) is 0 Å². The zero-order chi connectivity index (χ0) is 14.4. The lowest BCUT2D eigenvalue weighted by Crippen LogP contribution is -2.12. The highest BCUT2D eigenvalue weighted by Crippen LogP contribution is 2.32. The van der Waals surface area contributed by atoms with Crippen LogP contribution in [0.2, 0.25) is 0 Å². The van der Waals surface area contributed by atoms with Crippen LogP contribution in [0.15, 0.2) is 30.4 Å². The molecule has 20 heavy (non-hydrogen) atoms. The van der Waals surface area contributed by atoms with Crippen molar-refractivity contribution in [3.63, 3.8) is 0 Å². The van der Waals surface area contributed by atoms with E-state index in [0.717, 1.165) is 11.5 Å². The molecule has 0 unspecified atom stereocenters. The molecule has 0 N–H and O–H groups in total. The van der Waals surface area contributed by atoms with Crippen molar-refractivity contribution in [1.29, 1.82) is 0 Å².